The van der Waals surface area contributed by atoms with Gasteiger partial charge < -0.3 is 14.5 Å². The van der Waals surface area contributed by atoms with E-state index in [0.717, 1.165) is 13.0 Å². The summed E-state index contributed by atoms with van der Waals surface area (Å²) in [5.41, 5.74) is 0.634. The molecule has 1 saturated heterocycles. The molecule has 2 aliphatic rings. The second-order valence-corrected chi connectivity index (χ2v) is 7.03. The molecule has 8 heteroatoms. The van der Waals surface area contributed by atoms with Crippen molar-refractivity contribution in [2.24, 2.45) is 0 Å². The van der Waals surface area contributed by atoms with Crippen molar-refractivity contribution >= 4 is 23.4 Å². The van der Waals surface area contributed by atoms with Crippen LogP contribution in [0.25, 0.3) is 0 Å². The van der Waals surface area contributed by atoms with Gasteiger partial charge in [0, 0.05) is 40.3 Å². The summed E-state index contributed by atoms with van der Waals surface area (Å²) in [6.45, 7) is 2.94. The van der Waals surface area contributed by atoms with E-state index in [4.69, 9.17) is 4.74 Å². The van der Waals surface area contributed by atoms with E-state index in [1.165, 1.54) is 4.90 Å². The van der Waals surface area contributed by atoms with E-state index >= 15 is 0 Å². The van der Waals surface area contributed by atoms with Crippen LogP contribution in [0.4, 0.5) is 5.69 Å². The fourth-order valence-corrected chi connectivity index (χ4v) is 3.27. The Bertz CT molecular complexity index is 721. The van der Waals surface area contributed by atoms with Crippen LogP contribution in [0.1, 0.15) is 6.42 Å². The summed E-state index contributed by atoms with van der Waals surface area (Å²) in [7, 11) is 3.49. The summed E-state index contributed by atoms with van der Waals surface area (Å²) >= 11 is 0. The van der Waals surface area contributed by atoms with Gasteiger partial charge in [0.05, 0.1) is 12.2 Å². The molecule has 0 aromatic heterocycles. The van der Waals surface area contributed by atoms with Crippen LogP contribution in [0.2, 0.25) is 0 Å². The molecule has 1 fully saturated rings. The maximum Gasteiger partial charge on any atom is 0.265 e. The van der Waals surface area contributed by atoms with Gasteiger partial charge in [-0.05, 0) is 18.6 Å². The Morgan fingerprint density at radius 2 is 1.85 bits per heavy atom. The van der Waals surface area contributed by atoms with E-state index in [1.807, 2.05) is 12.1 Å². The number of fused-ring (bicyclic) bond motifs is 1. The van der Waals surface area contributed by atoms with Crippen LogP contribution < -0.4 is 9.64 Å². The van der Waals surface area contributed by atoms with Crippen molar-refractivity contribution in [3.05, 3.63) is 24.3 Å². The van der Waals surface area contributed by atoms with E-state index in [0.29, 0.717) is 37.6 Å². The predicted octanol–water partition coefficient (Wildman–Crippen LogP) is 0.0345. The van der Waals surface area contributed by atoms with Crippen LogP contribution in [0.5, 0.6) is 5.75 Å². The Morgan fingerprint density at radius 3 is 2.63 bits per heavy atom. The Labute approximate surface area is 159 Å². The Kier molecular flexibility index (Phi) is 5.95. The first kappa shape index (κ1) is 19.2. The van der Waals surface area contributed by atoms with Crippen molar-refractivity contribution in [2.75, 3.05) is 64.9 Å². The zero-order valence-electron chi connectivity index (χ0n) is 15.9. The molecule has 27 heavy (non-hydrogen) atoms. The van der Waals surface area contributed by atoms with E-state index in [9.17, 15) is 14.4 Å². The molecule has 0 unspecified atom stereocenters. The van der Waals surface area contributed by atoms with Gasteiger partial charge in [-0.1, -0.05) is 12.1 Å². The smallest absolute Gasteiger partial charge is 0.265 e. The molecule has 0 bridgehead atoms. The first-order valence-corrected chi connectivity index (χ1v) is 9.18. The summed E-state index contributed by atoms with van der Waals surface area (Å²) in [6.07, 6.45) is 0.806. The molecule has 8 nitrogen and oxygen atoms in total. The SMILES string of the molecule is CN(C)C(=O)CN1CCCN(C(=O)CN2C(=O)COc3ccccc32)CC1. The Morgan fingerprint density at radius 1 is 1.07 bits per heavy atom. The van der Waals surface area contributed by atoms with Gasteiger partial charge in [-0.25, -0.2) is 0 Å². The molecule has 1 aromatic carbocycles. The van der Waals surface area contributed by atoms with Gasteiger partial charge in [0.2, 0.25) is 11.8 Å². The quantitative estimate of drug-likeness (QED) is 0.744. The number of likely N-dealkylation sites (N-methyl/N-ethyl adjacent to an activating group) is 1. The number of ether oxygens (including phenoxy) is 1. The summed E-state index contributed by atoms with van der Waals surface area (Å²) < 4.78 is 5.42. The highest BCUT2D eigenvalue weighted by atomic mass is 16.5. The lowest BCUT2D eigenvalue weighted by molar-refractivity contribution is -0.132. The summed E-state index contributed by atoms with van der Waals surface area (Å²) in [5.74, 6) is 0.385. The minimum absolute atomic E-state index is 0.00976. The fraction of sp³-hybridized carbons (Fsp3) is 0.526. The molecule has 2 heterocycles. The zero-order valence-corrected chi connectivity index (χ0v) is 15.9. The number of rotatable bonds is 4. The number of nitrogens with zero attached hydrogens (tertiary/aromatic N) is 4. The molecule has 1 aromatic rings. The molecule has 0 saturated carbocycles. The predicted molar refractivity (Wildman–Crippen MR) is 101 cm³/mol. The van der Waals surface area contributed by atoms with Crippen LogP contribution in [0, 0.1) is 0 Å². The van der Waals surface area contributed by atoms with Crippen molar-refractivity contribution < 1.29 is 19.1 Å². The van der Waals surface area contributed by atoms with Crippen LogP contribution in [0.3, 0.4) is 0 Å². The molecular formula is C19H26N4O4. The first-order valence-electron chi connectivity index (χ1n) is 9.18. The van der Waals surface area contributed by atoms with E-state index in [1.54, 1.807) is 36.0 Å². The van der Waals surface area contributed by atoms with Crippen molar-refractivity contribution in [1.82, 2.24) is 14.7 Å². The number of carbonyl (C=O) groups excluding carboxylic acids is 3. The average Bonchev–Trinajstić information content (AvgIpc) is 2.89. The van der Waals surface area contributed by atoms with E-state index < -0.39 is 0 Å². The lowest BCUT2D eigenvalue weighted by atomic mass is 10.2. The number of amides is 3. The number of hydrogen-bond acceptors (Lipinski definition) is 5. The second kappa shape index (κ2) is 8.39. The number of hydrogen-bond donors (Lipinski definition) is 0. The molecule has 3 rings (SSSR count). The number of anilines is 1. The highest BCUT2D eigenvalue weighted by Gasteiger charge is 2.29. The maximum atomic E-state index is 12.8. The van der Waals surface area contributed by atoms with Crippen LogP contribution >= 0.6 is 0 Å². The van der Waals surface area contributed by atoms with Gasteiger partial charge in [-0.15, -0.1) is 0 Å². The molecule has 2 aliphatic heterocycles. The molecule has 146 valence electrons. The largest absolute Gasteiger partial charge is 0.482 e. The third kappa shape index (κ3) is 4.57. The highest BCUT2D eigenvalue weighted by Crippen LogP contribution is 2.31. The second-order valence-electron chi connectivity index (χ2n) is 7.03. The lowest BCUT2D eigenvalue weighted by Crippen LogP contribution is -2.47. The monoisotopic (exact) mass is 374 g/mol. The number of benzene rings is 1. The Hall–Kier alpha value is -2.61. The first-order chi connectivity index (χ1) is 13.0. The maximum absolute atomic E-state index is 12.8. The lowest BCUT2D eigenvalue weighted by Gasteiger charge is -2.31. The third-order valence-corrected chi connectivity index (χ3v) is 4.90. The molecule has 0 aliphatic carbocycles. The zero-order chi connectivity index (χ0) is 19.4. The van der Waals surface area contributed by atoms with Crippen molar-refractivity contribution in [3.8, 4) is 5.75 Å². The van der Waals surface area contributed by atoms with Gasteiger partial charge >= 0.3 is 0 Å². The van der Waals surface area contributed by atoms with Crippen LogP contribution in [-0.4, -0.2) is 92.4 Å². The highest BCUT2D eigenvalue weighted by molar-refractivity contribution is 6.02. The minimum atomic E-state index is -0.213. The summed E-state index contributed by atoms with van der Waals surface area (Å²) in [6, 6.07) is 7.25. The molecular weight excluding hydrogens is 348 g/mol. The van der Waals surface area contributed by atoms with Crippen LogP contribution in [-0.2, 0) is 14.4 Å². The van der Waals surface area contributed by atoms with Gasteiger partial charge in [-0.2, -0.15) is 0 Å². The Balaban J connectivity index is 1.60. The van der Waals surface area contributed by atoms with Gasteiger partial charge in [0.1, 0.15) is 12.3 Å². The van der Waals surface area contributed by atoms with Crippen molar-refractivity contribution in [3.63, 3.8) is 0 Å². The minimum Gasteiger partial charge on any atom is -0.482 e. The molecule has 0 spiro atoms. The molecule has 0 radical (unpaired) electrons. The summed E-state index contributed by atoms with van der Waals surface area (Å²) in [5, 5.41) is 0. The van der Waals surface area contributed by atoms with Gasteiger partial charge in [-0.3, -0.25) is 24.2 Å². The van der Waals surface area contributed by atoms with Gasteiger partial charge in [0.25, 0.3) is 5.91 Å². The molecule has 0 atom stereocenters. The third-order valence-electron chi connectivity index (χ3n) is 4.90. The van der Waals surface area contributed by atoms with Crippen molar-refractivity contribution in [1.29, 1.82) is 0 Å². The van der Waals surface area contributed by atoms with Crippen LogP contribution in [0.15, 0.2) is 24.3 Å². The molecule has 3 amide bonds. The average molecular weight is 374 g/mol. The van der Waals surface area contributed by atoms with Gasteiger partial charge in [0.15, 0.2) is 6.61 Å². The fourth-order valence-electron chi connectivity index (χ4n) is 3.27. The standard InChI is InChI=1S/C19H26N4O4/c1-20(2)17(24)12-21-8-5-9-22(11-10-21)18(25)13-23-15-6-3-4-7-16(15)27-14-19(23)26/h3-4,6-7H,5,8-14H2,1-2H3. The summed E-state index contributed by atoms with van der Waals surface area (Å²) in [4.78, 5) is 43.9. The normalized spacial score (nSPS) is 17.8. The van der Waals surface area contributed by atoms with Crippen molar-refractivity contribution in [2.45, 2.75) is 6.42 Å². The number of para-hydroxylation sites is 2. The number of carbonyl (C=O) groups is 3. The van der Waals surface area contributed by atoms with E-state index in [2.05, 4.69) is 4.90 Å². The topological polar surface area (TPSA) is 73.4 Å². The molecule has 0 N–H and O–H groups in total. The van der Waals surface area contributed by atoms with E-state index in [-0.39, 0.29) is 30.9 Å².